The van der Waals surface area contributed by atoms with Crippen molar-refractivity contribution in [3.05, 3.63) is 12.3 Å². The van der Waals surface area contributed by atoms with Crippen molar-refractivity contribution in [3.8, 4) is 0 Å². The smallest absolute Gasteiger partial charge is 0.320 e. The number of nitrogens with one attached hydrogen (secondary N) is 1. The summed E-state index contributed by atoms with van der Waals surface area (Å²) >= 11 is 0. The van der Waals surface area contributed by atoms with E-state index in [0.29, 0.717) is 5.70 Å². The fourth-order valence-electron chi connectivity index (χ4n) is 0.522. The number of hydrazine groups is 1. The number of aliphatic carboxylic acids is 1. The van der Waals surface area contributed by atoms with E-state index in [0.717, 1.165) is 0 Å². The van der Waals surface area contributed by atoms with Crippen molar-refractivity contribution in [1.82, 2.24) is 5.43 Å². The Morgan fingerprint density at radius 1 is 1.83 bits per heavy atom. The molecule has 0 aliphatic heterocycles. The zero-order valence-electron chi connectivity index (χ0n) is 6.53. The maximum Gasteiger partial charge on any atom is 0.320 e. The average Bonchev–Trinajstić information content (AvgIpc) is 2.00. The molecule has 12 heavy (non-hydrogen) atoms. The summed E-state index contributed by atoms with van der Waals surface area (Å²) in [5, 5.41) is 8.40. The molecule has 0 saturated heterocycles. The number of carbonyl (C=O) groups is 1. The van der Waals surface area contributed by atoms with E-state index in [9.17, 15) is 4.79 Å². The molecule has 0 aliphatic carbocycles. The molecule has 6 nitrogen and oxygen atoms in total. The van der Waals surface area contributed by atoms with Crippen LogP contribution in [0.4, 0.5) is 0 Å². The van der Waals surface area contributed by atoms with Gasteiger partial charge in [0, 0.05) is 12.1 Å². The van der Waals surface area contributed by atoms with E-state index in [4.69, 9.17) is 16.7 Å². The zero-order chi connectivity index (χ0) is 9.56. The molecule has 0 rings (SSSR count). The molecule has 0 aromatic rings. The summed E-state index contributed by atoms with van der Waals surface area (Å²) in [4.78, 5) is 13.9. The third kappa shape index (κ3) is 4.42. The minimum atomic E-state index is -1.08. The molecule has 6 N–H and O–H groups in total. The molecule has 0 radical (unpaired) electrons. The van der Waals surface area contributed by atoms with E-state index in [-0.39, 0.29) is 6.42 Å². The van der Waals surface area contributed by atoms with E-state index in [2.05, 4.69) is 17.0 Å². The van der Waals surface area contributed by atoms with Crippen LogP contribution in [0.2, 0.25) is 0 Å². The maximum atomic E-state index is 10.3. The highest BCUT2D eigenvalue weighted by molar-refractivity contribution is 5.73. The van der Waals surface area contributed by atoms with Gasteiger partial charge in [-0.3, -0.25) is 4.79 Å². The fraction of sp³-hybridized carbons (Fsp3) is 0.333. The molecular weight excluding hydrogens is 160 g/mol. The Labute approximate surface area is 69.9 Å². The Bertz CT molecular complexity index is 202. The molecule has 1 atom stereocenters. The molecule has 0 aliphatic rings. The molecule has 0 aromatic heterocycles. The average molecular weight is 172 g/mol. The number of aliphatic imine (C=N–C) groups is 1. The van der Waals surface area contributed by atoms with Crippen LogP contribution in [-0.2, 0) is 4.79 Å². The molecule has 0 heterocycles. The van der Waals surface area contributed by atoms with Crippen molar-refractivity contribution in [2.45, 2.75) is 12.5 Å². The van der Waals surface area contributed by atoms with Gasteiger partial charge in [-0.2, -0.15) is 0 Å². The second-order valence-electron chi connectivity index (χ2n) is 2.14. The van der Waals surface area contributed by atoms with Gasteiger partial charge in [0.05, 0.1) is 0 Å². The number of carboxylic acids is 1. The molecule has 0 bridgehead atoms. The second-order valence-corrected chi connectivity index (χ2v) is 2.14. The van der Waals surface area contributed by atoms with Gasteiger partial charge in [0.15, 0.2) is 0 Å². The summed E-state index contributed by atoms with van der Waals surface area (Å²) < 4.78 is 0. The van der Waals surface area contributed by atoms with Crippen LogP contribution in [0.3, 0.4) is 0 Å². The van der Waals surface area contributed by atoms with Crippen molar-refractivity contribution >= 4 is 12.3 Å². The predicted molar refractivity (Wildman–Crippen MR) is 45.2 cm³/mol. The predicted octanol–water partition coefficient (Wildman–Crippen LogP) is -1.21. The highest BCUT2D eigenvalue weighted by atomic mass is 16.4. The first kappa shape index (κ1) is 10.6. The monoisotopic (exact) mass is 172 g/mol. The van der Waals surface area contributed by atoms with Crippen LogP contribution in [0, 0.1) is 0 Å². The van der Waals surface area contributed by atoms with Gasteiger partial charge in [-0.25, -0.2) is 10.8 Å². The van der Waals surface area contributed by atoms with Crippen LogP contribution in [0.25, 0.3) is 0 Å². The number of nitrogens with zero attached hydrogens (tertiary/aromatic N) is 1. The van der Waals surface area contributed by atoms with Crippen molar-refractivity contribution in [2.75, 3.05) is 0 Å². The maximum absolute atomic E-state index is 10.3. The number of hydrogen-bond acceptors (Lipinski definition) is 4. The number of rotatable bonds is 5. The van der Waals surface area contributed by atoms with Crippen molar-refractivity contribution < 1.29 is 9.90 Å². The Morgan fingerprint density at radius 3 is 2.83 bits per heavy atom. The third-order valence-corrected chi connectivity index (χ3v) is 1.09. The first-order chi connectivity index (χ1) is 5.57. The molecule has 0 fully saturated rings. The normalized spacial score (nSPS) is 12.8. The van der Waals surface area contributed by atoms with Gasteiger partial charge in [0.2, 0.25) is 0 Å². The van der Waals surface area contributed by atoms with E-state index in [1.54, 1.807) is 0 Å². The minimum Gasteiger partial charge on any atom is -0.480 e. The lowest BCUT2D eigenvalue weighted by molar-refractivity contribution is -0.138. The first-order valence-corrected chi connectivity index (χ1v) is 3.22. The van der Waals surface area contributed by atoms with Crippen LogP contribution in [0.5, 0.6) is 0 Å². The number of nitrogens with two attached hydrogens (primary N) is 2. The van der Waals surface area contributed by atoms with Crippen LogP contribution in [0.1, 0.15) is 6.42 Å². The molecule has 6 heteroatoms. The molecule has 0 amide bonds. The van der Waals surface area contributed by atoms with Crippen molar-refractivity contribution in [1.29, 1.82) is 0 Å². The van der Waals surface area contributed by atoms with E-state index in [1.165, 1.54) is 6.34 Å². The largest absolute Gasteiger partial charge is 0.480 e. The van der Waals surface area contributed by atoms with Gasteiger partial charge in [-0.1, -0.05) is 6.58 Å². The SMILES string of the molecule is C=C(C[C@H](N)C(=O)O)N=CNN. The Balaban J connectivity index is 3.84. The molecule has 0 saturated carbocycles. The molecule has 0 aromatic carbocycles. The van der Waals surface area contributed by atoms with Gasteiger partial charge < -0.3 is 16.3 Å². The summed E-state index contributed by atoms with van der Waals surface area (Å²) in [7, 11) is 0. The molecular formula is C6H12N4O2. The Hall–Kier alpha value is -1.40. The van der Waals surface area contributed by atoms with Gasteiger partial charge in [-0.05, 0) is 0 Å². The quantitative estimate of drug-likeness (QED) is 0.180. The van der Waals surface area contributed by atoms with Crippen LogP contribution in [0.15, 0.2) is 17.3 Å². The van der Waals surface area contributed by atoms with Gasteiger partial charge >= 0.3 is 5.97 Å². The third-order valence-electron chi connectivity index (χ3n) is 1.09. The van der Waals surface area contributed by atoms with Crippen LogP contribution < -0.4 is 17.0 Å². The molecule has 0 spiro atoms. The number of hydrogen-bond donors (Lipinski definition) is 4. The van der Waals surface area contributed by atoms with Crippen LogP contribution >= 0.6 is 0 Å². The lowest BCUT2D eigenvalue weighted by Gasteiger charge is -2.04. The van der Waals surface area contributed by atoms with Crippen LogP contribution in [-0.4, -0.2) is 23.5 Å². The summed E-state index contributed by atoms with van der Waals surface area (Å²) in [5.41, 5.74) is 7.73. The fourth-order valence-corrected chi connectivity index (χ4v) is 0.522. The van der Waals surface area contributed by atoms with Gasteiger partial charge in [-0.15, -0.1) is 0 Å². The lowest BCUT2D eigenvalue weighted by atomic mass is 10.2. The highest BCUT2D eigenvalue weighted by Crippen LogP contribution is 2.01. The summed E-state index contributed by atoms with van der Waals surface area (Å²) in [5.74, 6) is 3.80. The van der Waals surface area contributed by atoms with Crippen molar-refractivity contribution in [3.63, 3.8) is 0 Å². The second kappa shape index (κ2) is 5.28. The van der Waals surface area contributed by atoms with Gasteiger partial charge in [0.1, 0.15) is 12.4 Å². The zero-order valence-corrected chi connectivity index (χ0v) is 6.53. The standard InChI is InChI=1S/C6H12N4O2/c1-4(9-3-10-8)2-5(7)6(11)12/h3,5H,1-2,7-8H2,(H,9,10)(H,11,12)/t5-/m0/s1. The topological polar surface area (TPSA) is 114 Å². The van der Waals surface area contributed by atoms with E-state index in [1.807, 2.05) is 0 Å². The number of carboxylic acid groups (broad SMARTS) is 1. The lowest BCUT2D eigenvalue weighted by Crippen LogP contribution is -2.30. The molecule has 68 valence electrons. The summed E-state index contributed by atoms with van der Waals surface area (Å²) in [6.07, 6.45) is 1.31. The highest BCUT2D eigenvalue weighted by Gasteiger charge is 2.11. The van der Waals surface area contributed by atoms with Crippen molar-refractivity contribution in [2.24, 2.45) is 16.6 Å². The Kier molecular flexibility index (Phi) is 4.66. The van der Waals surface area contributed by atoms with Gasteiger partial charge in [0.25, 0.3) is 0 Å². The Morgan fingerprint density at radius 2 is 2.42 bits per heavy atom. The minimum absolute atomic E-state index is 0.105. The molecule has 0 unspecified atom stereocenters. The van der Waals surface area contributed by atoms with E-state index >= 15 is 0 Å². The summed E-state index contributed by atoms with van der Waals surface area (Å²) in [6.45, 7) is 3.48. The van der Waals surface area contributed by atoms with E-state index < -0.39 is 12.0 Å². The first-order valence-electron chi connectivity index (χ1n) is 3.22. The summed E-state index contributed by atoms with van der Waals surface area (Å²) in [6, 6.07) is -0.965.